The van der Waals surface area contributed by atoms with Gasteiger partial charge in [0, 0.05) is 45.2 Å². The second-order valence-corrected chi connectivity index (χ2v) is 7.98. The standard InChI is InChI=1S/C22H38N4O3/c1-4-5-14-25(17-20-12-9-13-24(20)2)21(27)18-26(15-16-29-3)22(28)23-19-10-7-6-8-11-19/h9,12-13,19H,4-8,10-11,14-18H2,1-3H3,(H,23,28). The van der Waals surface area contributed by atoms with Crippen LogP contribution in [0.5, 0.6) is 0 Å². The molecule has 1 aromatic rings. The predicted octanol–water partition coefficient (Wildman–Crippen LogP) is 3.14. The van der Waals surface area contributed by atoms with Crippen LogP contribution < -0.4 is 5.32 Å². The molecule has 0 saturated heterocycles. The third-order valence-electron chi connectivity index (χ3n) is 5.65. The fourth-order valence-electron chi connectivity index (χ4n) is 3.73. The molecule has 7 nitrogen and oxygen atoms in total. The van der Waals surface area contributed by atoms with Crippen LogP contribution in [0.15, 0.2) is 18.3 Å². The average molecular weight is 407 g/mol. The van der Waals surface area contributed by atoms with E-state index in [0.717, 1.165) is 44.2 Å². The molecule has 1 N–H and O–H groups in total. The van der Waals surface area contributed by atoms with Gasteiger partial charge in [0.15, 0.2) is 0 Å². The molecule has 1 saturated carbocycles. The fourth-order valence-corrected chi connectivity index (χ4v) is 3.73. The maximum Gasteiger partial charge on any atom is 0.318 e. The van der Waals surface area contributed by atoms with E-state index in [1.54, 1.807) is 12.0 Å². The third-order valence-corrected chi connectivity index (χ3v) is 5.65. The van der Waals surface area contributed by atoms with Crippen molar-refractivity contribution in [3.8, 4) is 0 Å². The molecule has 3 amide bonds. The molecule has 1 aromatic heterocycles. The monoisotopic (exact) mass is 406 g/mol. The summed E-state index contributed by atoms with van der Waals surface area (Å²) >= 11 is 0. The molecule has 1 aliphatic rings. The molecule has 29 heavy (non-hydrogen) atoms. The lowest BCUT2D eigenvalue weighted by Crippen LogP contribution is -2.50. The van der Waals surface area contributed by atoms with Gasteiger partial charge in [0.25, 0.3) is 0 Å². The Morgan fingerprint density at radius 2 is 1.97 bits per heavy atom. The number of rotatable bonds is 11. The zero-order chi connectivity index (χ0) is 21.1. The second-order valence-electron chi connectivity index (χ2n) is 7.98. The Labute approximate surface area is 175 Å². The van der Waals surface area contributed by atoms with Crippen molar-refractivity contribution in [3.05, 3.63) is 24.0 Å². The first-order valence-electron chi connectivity index (χ1n) is 11.0. The molecule has 1 heterocycles. The lowest BCUT2D eigenvalue weighted by atomic mass is 9.96. The summed E-state index contributed by atoms with van der Waals surface area (Å²) < 4.78 is 7.20. The molecule has 1 fully saturated rings. The summed E-state index contributed by atoms with van der Waals surface area (Å²) in [5.41, 5.74) is 1.09. The van der Waals surface area contributed by atoms with E-state index in [-0.39, 0.29) is 24.5 Å². The van der Waals surface area contributed by atoms with Crippen LogP contribution in [0.25, 0.3) is 0 Å². The van der Waals surface area contributed by atoms with Crippen LogP contribution in [-0.4, -0.2) is 65.7 Å². The van der Waals surface area contributed by atoms with E-state index in [0.29, 0.717) is 26.2 Å². The molecule has 164 valence electrons. The van der Waals surface area contributed by atoms with Crippen molar-refractivity contribution < 1.29 is 14.3 Å². The predicted molar refractivity (Wildman–Crippen MR) is 115 cm³/mol. The summed E-state index contributed by atoms with van der Waals surface area (Å²) in [7, 11) is 3.60. The largest absolute Gasteiger partial charge is 0.383 e. The summed E-state index contributed by atoms with van der Waals surface area (Å²) in [6.45, 7) is 4.28. The number of carbonyl (C=O) groups is 2. The third kappa shape index (κ3) is 7.72. The molecular formula is C22H38N4O3. The molecule has 2 rings (SSSR count). The molecule has 0 aliphatic heterocycles. The Morgan fingerprint density at radius 3 is 2.59 bits per heavy atom. The smallest absolute Gasteiger partial charge is 0.318 e. The van der Waals surface area contributed by atoms with Gasteiger partial charge in [-0.1, -0.05) is 32.6 Å². The lowest BCUT2D eigenvalue weighted by Gasteiger charge is -2.30. The number of amides is 3. The zero-order valence-corrected chi connectivity index (χ0v) is 18.4. The number of hydrogen-bond donors (Lipinski definition) is 1. The summed E-state index contributed by atoms with van der Waals surface area (Å²) in [4.78, 5) is 29.4. The van der Waals surface area contributed by atoms with Gasteiger partial charge < -0.3 is 24.4 Å². The molecule has 0 bridgehead atoms. The van der Waals surface area contributed by atoms with Gasteiger partial charge in [-0.25, -0.2) is 4.79 Å². The number of nitrogens with zero attached hydrogens (tertiary/aromatic N) is 3. The number of aromatic nitrogens is 1. The first-order chi connectivity index (χ1) is 14.0. The van der Waals surface area contributed by atoms with E-state index in [1.165, 1.54) is 6.42 Å². The number of carbonyl (C=O) groups excluding carboxylic acids is 2. The van der Waals surface area contributed by atoms with Gasteiger partial charge in [0.2, 0.25) is 5.91 Å². The van der Waals surface area contributed by atoms with E-state index in [4.69, 9.17) is 4.74 Å². The molecule has 0 radical (unpaired) electrons. The molecule has 0 aromatic carbocycles. The SMILES string of the molecule is CCCCN(Cc1cccn1C)C(=O)CN(CCOC)C(=O)NC1CCCCC1. The van der Waals surface area contributed by atoms with Crippen molar-refractivity contribution in [3.63, 3.8) is 0 Å². The van der Waals surface area contributed by atoms with Crippen molar-refractivity contribution >= 4 is 11.9 Å². The van der Waals surface area contributed by atoms with Crippen LogP contribution in [0, 0.1) is 0 Å². The first-order valence-corrected chi connectivity index (χ1v) is 11.0. The highest BCUT2D eigenvalue weighted by atomic mass is 16.5. The Bertz CT molecular complexity index is 625. The van der Waals surface area contributed by atoms with Gasteiger partial charge in [-0.05, 0) is 31.4 Å². The summed E-state index contributed by atoms with van der Waals surface area (Å²) in [5, 5.41) is 3.13. The molecule has 7 heteroatoms. The van der Waals surface area contributed by atoms with Gasteiger partial charge in [-0.2, -0.15) is 0 Å². The molecule has 0 spiro atoms. The highest BCUT2D eigenvalue weighted by Gasteiger charge is 2.24. The maximum atomic E-state index is 13.1. The van der Waals surface area contributed by atoms with Crippen LogP contribution in [0.3, 0.4) is 0 Å². The number of hydrogen-bond acceptors (Lipinski definition) is 3. The zero-order valence-electron chi connectivity index (χ0n) is 18.4. The van der Waals surface area contributed by atoms with Crippen molar-refractivity contribution in [1.82, 2.24) is 19.7 Å². The molecular weight excluding hydrogens is 368 g/mol. The number of methoxy groups -OCH3 is 1. The maximum absolute atomic E-state index is 13.1. The molecule has 0 atom stereocenters. The second kappa shape index (κ2) is 12.5. The Morgan fingerprint density at radius 1 is 1.21 bits per heavy atom. The minimum atomic E-state index is -0.156. The van der Waals surface area contributed by atoms with Crippen LogP contribution in [0.2, 0.25) is 0 Å². The average Bonchev–Trinajstić information content (AvgIpc) is 3.13. The number of nitrogens with one attached hydrogen (secondary N) is 1. The van der Waals surface area contributed by atoms with Crippen molar-refractivity contribution in [2.45, 2.75) is 64.5 Å². The summed E-state index contributed by atoms with van der Waals surface area (Å²) in [6, 6.07) is 4.08. The Hall–Kier alpha value is -2.02. The van der Waals surface area contributed by atoms with Crippen LogP contribution in [0.1, 0.15) is 57.6 Å². The van der Waals surface area contributed by atoms with E-state index in [9.17, 15) is 9.59 Å². The summed E-state index contributed by atoms with van der Waals surface area (Å²) in [6.07, 6.45) is 9.55. The highest BCUT2D eigenvalue weighted by Crippen LogP contribution is 2.17. The lowest BCUT2D eigenvalue weighted by molar-refractivity contribution is -0.132. The van der Waals surface area contributed by atoms with Gasteiger partial charge in [0.1, 0.15) is 6.54 Å². The molecule has 1 aliphatic carbocycles. The van der Waals surface area contributed by atoms with Crippen molar-refractivity contribution in [1.29, 1.82) is 0 Å². The highest BCUT2D eigenvalue weighted by molar-refractivity contribution is 5.84. The number of unbranched alkanes of at least 4 members (excludes halogenated alkanes) is 1. The van der Waals surface area contributed by atoms with Crippen LogP contribution in [0.4, 0.5) is 4.79 Å². The number of ether oxygens (including phenoxy) is 1. The number of urea groups is 1. The van der Waals surface area contributed by atoms with E-state index >= 15 is 0 Å². The van der Waals surface area contributed by atoms with Gasteiger partial charge in [-0.15, -0.1) is 0 Å². The summed E-state index contributed by atoms with van der Waals surface area (Å²) in [5.74, 6) is -0.0189. The van der Waals surface area contributed by atoms with Gasteiger partial charge in [0.05, 0.1) is 13.2 Å². The number of aryl methyl sites for hydroxylation is 1. The van der Waals surface area contributed by atoms with Gasteiger partial charge in [-0.3, -0.25) is 4.79 Å². The Balaban J connectivity index is 2.01. The van der Waals surface area contributed by atoms with Gasteiger partial charge >= 0.3 is 6.03 Å². The Kier molecular flexibility index (Phi) is 10.0. The fraction of sp³-hybridized carbons (Fsp3) is 0.727. The first kappa shape index (κ1) is 23.3. The molecule has 0 unspecified atom stereocenters. The topological polar surface area (TPSA) is 66.8 Å². The van der Waals surface area contributed by atoms with Crippen LogP contribution in [-0.2, 0) is 23.1 Å². The minimum Gasteiger partial charge on any atom is -0.383 e. The van der Waals surface area contributed by atoms with Crippen molar-refractivity contribution in [2.24, 2.45) is 7.05 Å². The van der Waals surface area contributed by atoms with E-state index in [1.807, 2.05) is 34.8 Å². The van der Waals surface area contributed by atoms with E-state index in [2.05, 4.69) is 12.2 Å². The normalized spacial score (nSPS) is 14.6. The quantitative estimate of drug-likeness (QED) is 0.614. The van der Waals surface area contributed by atoms with Crippen LogP contribution >= 0.6 is 0 Å². The van der Waals surface area contributed by atoms with E-state index < -0.39 is 0 Å². The minimum absolute atomic E-state index is 0.0189. The van der Waals surface area contributed by atoms with Crippen molar-refractivity contribution in [2.75, 3.05) is 33.4 Å².